The number of nitrogens with zero attached hydrogens (tertiary/aromatic N) is 1. The minimum atomic E-state index is -0.541. The van der Waals surface area contributed by atoms with Crippen molar-refractivity contribution in [1.82, 2.24) is 5.32 Å². The molecule has 0 aliphatic heterocycles. The highest BCUT2D eigenvalue weighted by atomic mass is 35.5. The molecule has 0 aliphatic rings. The van der Waals surface area contributed by atoms with E-state index in [0.717, 1.165) is 11.5 Å². The van der Waals surface area contributed by atoms with Gasteiger partial charge in [-0.05, 0) is 23.8 Å². The van der Waals surface area contributed by atoms with Gasteiger partial charge in [0.05, 0.1) is 4.92 Å². The fourth-order valence-corrected chi connectivity index (χ4v) is 2.90. The molecule has 0 fully saturated rings. The molecular formula is C17H17ClN2O4S. The van der Waals surface area contributed by atoms with E-state index in [4.69, 9.17) is 16.3 Å². The van der Waals surface area contributed by atoms with Gasteiger partial charge in [-0.2, -0.15) is 11.8 Å². The highest BCUT2D eigenvalue weighted by molar-refractivity contribution is 7.98. The number of benzene rings is 2. The molecule has 2 aromatic carbocycles. The maximum absolute atomic E-state index is 11.7. The SMILES string of the molecule is O=C(COc1ccccc1[N+](=O)[O-])NCCSCc1ccc(Cl)cc1. The largest absolute Gasteiger partial charge is 0.477 e. The predicted molar refractivity (Wildman–Crippen MR) is 99.2 cm³/mol. The molecule has 25 heavy (non-hydrogen) atoms. The minimum absolute atomic E-state index is 0.0831. The first kappa shape index (κ1) is 19.1. The molecule has 0 unspecified atom stereocenters. The highest BCUT2D eigenvalue weighted by Gasteiger charge is 2.14. The van der Waals surface area contributed by atoms with E-state index < -0.39 is 4.92 Å². The van der Waals surface area contributed by atoms with Crippen LogP contribution < -0.4 is 10.1 Å². The van der Waals surface area contributed by atoms with Gasteiger partial charge in [-0.3, -0.25) is 14.9 Å². The van der Waals surface area contributed by atoms with Gasteiger partial charge in [0, 0.05) is 29.1 Å². The predicted octanol–water partition coefficient (Wildman–Crippen LogP) is 3.68. The van der Waals surface area contributed by atoms with Gasteiger partial charge in [-0.15, -0.1) is 0 Å². The van der Waals surface area contributed by atoms with E-state index in [2.05, 4.69) is 5.32 Å². The summed E-state index contributed by atoms with van der Waals surface area (Å²) in [5.74, 6) is 1.35. The second-order valence-corrected chi connectivity index (χ2v) is 6.58. The summed E-state index contributed by atoms with van der Waals surface area (Å²) in [5.41, 5.74) is 1.01. The Kier molecular flexibility index (Phi) is 7.56. The molecule has 0 saturated carbocycles. The number of amides is 1. The molecule has 0 saturated heterocycles. The van der Waals surface area contributed by atoms with Crippen LogP contribution in [0.25, 0.3) is 0 Å². The Morgan fingerprint density at radius 3 is 2.64 bits per heavy atom. The number of nitro groups is 1. The molecule has 1 N–H and O–H groups in total. The summed E-state index contributed by atoms with van der Waals surface area (Å²) < 4.78 is 5.22. The van der Waals surface area contributed by atoms with Gasteiger partial charge in [-0.25, -0.2) is 0 Å². The first-order valence-corrected chi connectivity index (χ1v) is 9.04. The number of carbonyl (C=O) groups is 1. The highest BCUT2D eigenvalue weighted by Crippen LogP contribution is 2.25. The normalized spacial score (nSPS) is 10.3. The molecule has 0 spiro atoms. The van der Waals surface area contributed by atoms with Gasteiger partial charge in [0.25, 0.3) is 5.91 Å². The van der Waals surface area contributed by atoms with Crippen molar-refractivity contribution in [3.8, 4) is 5.75 Å². The number of thioether (sulfide) groups is 1. The fourth-order valence-electron chi connectivity index (χ4n) is 1.96. The summed E-state index contributed by atoms with van der Waals surface area (Å²) in [6, 6.07) is 13.6. The number of hydrogen-bond acceptors (Lipinski definition) is 5. The van der Waals surface area contributed by atoms with Crippen molar-refractivity contribution in [3.63, 3.8) is 0 Å². The first-order valence-electron chi connectivity index (χ1n) is 7.51. The van der Waals surface area contributed by atoms with Crippen LogP contribution in [0, 0.1) is 10.1 Å². The van der Waals surface area contributed by atoms with Crippen LogP contribution in [0.3, 0.4) is 0 Å². The Morgan fingerprint density at radius 2 is 1.92 bits per heavy atom. The monoisotopic (exact) mass is 380 g/mol. The molecular weight excluding hydrogens is 364 g/mol. The number of rotatable bonds is 9. The van der Waals surface area contributed by atoms with Crippen LogP contribution in [0.4, 0.5) is 5.69 Å². The van der Waals surface area contributed by atoms with E-state index >= 15 is 0 Å². The topological polar surface area (TPSA) is 81.5 Å². The molecule has 1 amide bonds. The van der Waals surface area contributed by atoms with Gasteiger partial charge in [0.1, 0.15) is 0 Å². The van der Waals surface area contributed by atoms with Crippen molar-refractivity contribution >= 4 is 35.0 Å². The van der Waals surface area contributed by atoms with Crippen LogP contribution in [-0.2, 0) is 10.5 Å². The summed E-state index contributed by atoms with van der Waals surface area (Å²) in [6.07, 6.45) is 0. The Morgan fingerprint density at radius 1 is 1.20 bits per heavy atom. The lowest BCUT2D eigenvalue weighted by atomic mass is 10.2. The van der Waals surface area contributed by atoms with Crippen LogP contribution >= 0.6 is 23.4 Å². The summed E-state index contributed by atoms with van der Waals surface area (Å²) in [6.45, 7) is 0.240. The van der Waals surface area contributed by atoms with Crippen molar-refractivity contribution in [3.05, 3.63) is 69.2 Å². The molecule has 0 aromatic heterocycles. The van der Waals surface area contributed by atoms with E-state index in [-0.39, 0.29) is 24.0 Å². The Bertz CT molecular complexity index is 725. The summed E-state index contributed by atoms with van der Waals surface area (Å²) >= 11 is 7.51. The zero-order chi connectivity index (χ0) is 18.1. The molecule has 0 radical (unpaired) electrons. The standard InChI is InChI=1S/C17H17ClN2O4S/c18-14-7-5-13(6-8-14)12-25-10-9-19-17(21)11-24-16-4-2-1-3-15(16)20(22)23/h1-8H,9-12H2,(H,19,21). The molecule has 0 atom stereocenters. The molecule has 0 aliphatic carbocycles. The van der Waals surface area contributed by atoms with Gasteiger partial charge in [0.2, 0.25) is 0 Å². The zero-order valence-corrected chi connectivity index (χ0v) is 14.9. The lowest BCUT2D eigenvalue weighted by Crippen LogP contribution is -2.30. The number of nitro benzene ring substituents is 1. The number of halogens is 1. The lowest BCUT2D eigenvalue weighted by molar-refractivity contribution is -0.385. The second kappa shape index (κ2) is 9.90. The van der Waals surface area contributed by atoms with Crippen molar-refractivity contribution in [2.24, 2.45) is 0 Å². The molecule has 132 valence electrons. The third kappa shape index (κ3) is 6.64. The number of hydrogen-bond donors (Lipinski definition) is 1. The lowest BCUT2D eigenvalue weighted by Gasteiger charge is -2.08. The fraction of sp³-hybridized carbons (Fsp3) is 0.235. The maximum Gasteiger partial charge on any atom is 0.310 e. The van der Waals surface area contributed by atoms with E-state index in [0.29, 0.717) is 11.6 Å². The van der Waals surface area contributed by atoms with Gasteiger partial charge >= 0.3 is 5.69 Å². The molecule has 0 bridgehead atoms. The third-order valence-electron chi connectivity index (χ3n) is 3.17. The maximum atomic E-state index is 11.7. The average Bonchev–Trinajstić information content (AvgIpc) is 2.61. The van der Waals surface area contributed by atoms with Crippen LogP contribution in [0.5, 0.6) is 5.75 Å². The third-order valence-corrected chi connectivity index (χ3v) is 4.45. The minimum Gasteiger partial charge on any atom is -0.477 e. The number of para-hydroxylation sites is 2. The molecule has 8 heteroatoms. The van der Waals surface area contributed by atoms with Crippen molar-refractivity contribution in [1.29, 1.82) is 0 Å². The average molecular weight is 381 g/mol. The smallest absolute Gasteiger partial charge is 0.310 e. The molecule has 2 rings (SSSR count). The van der Waals surface area contributed by atoms with Crippen LogP contribution in [0.2, 0.25) is 5.02 Å². The Labute approximate surface area is 154 Å². The number of nitrogens with one attached hydrogen (secondary N) is 1. The van der Waals surface area contributed by atoms with Crippen molar-refractivity contribution in [2.75, 3.05) is 18.9 Å². The molecule has 0 heterocycles. The van der Waals surface area contributed by atoms with E-state index in [9.17, 15) is 14.9 Å². The zero-order valence-electron chi connectivity index (χ0n) is 13.3. The molecule has 6 nitrogen and oxygen atoms in total. The van der Waals surface area contributed by atoms with Gasteiger partial charge < -0.3 is 10.1 Å². The van der Waals surface area contributed by atoms with Gasteiger partial charge in [-0.1, -0.05) is 35.9 Å². The second-order valence-electron chi connectivity index (χ2n) is 5.04. The Balaban J connectivity index is 1.64. The van der Waals surface area contributed by atoms with Crippen LogP contribution in [0.1, 0.15) is 5.56 Å². The van der Waals surface area contributed by atoms with Crippen molar-refractivity contribution < 1.29 is 14.5 Å². The summed E-state index contributed by atoms with van der Waals surface area (Å²) in [5, 5.41) is 14.3. The van der Waals surface area contributed by atoms with E-state index in [1.54, 1.807) is 23.9 Å². The quantitative estimate of drug-likeness (QED) is 0.407. The van der Waals surface area contributed by atoms with E-state index in [1.165, 1.54) is 17.7 Å². The number of ether oxygens (including phenoxy) is 1. The van der Waals surface area contributed by atoms with Crippen molar-refractivity contribution in [2.45, 2.75) is 5.75 Å². The summed E-state index contributed by atoms with van der Waals surface area (Å²) in [7, 11) is 0. The van der Waals surface area contributed by atoms with Crippen LogP contribution in [0.15, 0.2) is 48.5 Å². The Hall–Kier alpha value is -2.25. The van der Waals surface area contributed by atoms with Gasteiger partial charge in [0.15, 0.2) is 12.4 Å². The first-order chi connectivity index (χ1) is 12.1. The summed E-state index contributed by atoms with van der Waals surface area (Å²) in [4.78, 5) is 22.1. The number of carbonyl (C=O) groups excluding carboxylic acids is 1. The molecule has 2 aromatic rings. The van der Waals surface area contributed by atoms with Crippen LogP contribution in [-0.4, -0.2) is 29.7 Å². The van der Waals surface area contributed by atoms with E-state index in [1.807, 2.05) is 24.3 Å².